The van der Waals surface area contributed by atoms with E-state index < -0.39 is 0 Å². The molecule has 92 valence electrons. The molecule has 2 aromatic rings. The highest BCUT2D eigenvalue weighted by atomic mass is 32.1. The van der Waals surface area contributed by atoms with Crippen molar-refractivity contribution in [3.8, 4) is 0 Å². The summed E-state index contributed by atoms with van der Waals surface area (Å²) in [6, 6.07) is 1.79. The van der Waals surface area contributed by atoms with E-state index in [0.717, 1.165) is 10.5 Å². The van der Waals surface area contributed by atoms with E-state index in [1.807, 2.05) is 0 Å². The lowest BCUT2D eigenvalue weighted by atomic mass is 10.0. The molecule has 0 unspecified atom stereocenters. The third-order valence-corrected chi connectivity index (χ3v) is 3.94. The van der Waals surface area contributed by atoms with Crippen LogP contribution >= 0.6 is 11.3 Å². The first-order chi connectivity index (χ1) is 8.63. The Kier molecular flexibility index (Phi) is 2.52. The SMILES string of the molecule is Nc1nc2sc(C3=CC=C(F)CC3)cc2c(=O)[nH]1. The van der Waals surface area contributed by atoms with Crippen LogP contribution in [0.3, 0.4) is 0 Å². The summed E-state index contributed by atoms with van der Waals surface area (Å²) < 4.78 is 12.9. The predicted molar refractivity (Wildman–Crippen MR) is 71.1 cm³/mol. The summed E-state index contributed by atoms with van der Waals surface area (Å²) in [5.74, 6) is 0.00421. The number of thiophene rings is 1. The van der Waals surface area contributed by atoms with Gasteiger partial charge in [0.1, 0.15) is 10.7 Å². The monoisotopic (exact) mass is 263 g/mol. The molecule has 4 nitrogen and oxygen atoms in total. The van der Waals surface area contributed by atoms with Crippen LogP contribution in [0, 0.1) is 0 Å². The molecule has 6 heteroatoms. The van der Waals surface area contributed by atoms with Gasteiger partial charge in [-0.2, -0.15) is 0 Å². The van der Waals surface area contributed by atoms with Crippen LogP contribution in [0.5, 0.6) is 0 Å². The highest BCUT2D eigenvalue weighted by Gasteiger charge is 2.13. The summed E-state index contributed by atoms with van der Waals surface area (Å²) in [6.45, 7) is 0. The Morgan fingerprint density at radius 1 is 1.39 bits per heavy atom. The van der Waals surface area contributed by atoms with Crippen LogP contribution < -0.4 is 11.3 Å². The number of aromatic nitrogens is 2. The van der Waals surface area contributed by atoms with Crippen molar-refractivity contribution in [2.75, 3.05) is 5.73 Å². The lowest BCUT2D eigenvalue weighted by molar-refractivity contribution is 0.590. The van der Waals surface area contributed by atoms with Gasteiger partial charge in [-0.15, -0.1) is 11.3 Å². The maximum atomic E-state index is 12.9. The van der Waals surface area contributed by atoms with E-state index in [1.54, 1.807) is 12.1 Å². The molecule has 0 aliphatic heterocycles. The fourth-order valence-electron chi connectivity index (χ4n) is 1.92. The van der Waals surface area contributed by atoms with Crippen LogP contribution in [0.2, 0.25) is 0 Å². The standard InChI is InChI=1S/C12H10FN3OS/c13-7-3-1-6(2-4-7)9-5-8-10(17)15-12(14)16-11(8)18-9/h1,3,5H,2,4H2,(H3,14,15,16,17). The van der Waals surface area contributed by atoms with Crippen LogP contribution in [0.25, 0.3) is 15.8 Å². The number of aromatic amines is 1. The molecule has 3 rings (SSSR count). The average Bonchev–Trinajstić information content (AvgIpc) is 2.74. The van der Waals surface area contributed by atoms with Gasteiger partial charge in [-0.05, 0) is 24.1 Å². The Balaban J connectivity index is 2.15. The molecule has 0 saturated carbocycles. The van der Waals surface area contributed by atoms with E-state index in [0.29, 0.717) is 23.1 Å². The van der Waals surface area contributed by atoms with Crippen molar-refractivity contribution in [1.82, 2.24) is 9.97 Å². The van der Waals surface area contributed by atoms with E-state index >= 15 is 0 Å². The number of fused-ring (bicyclic) bond motifs is 1. The van der Waals surface area contributed by atoms with Gasteiger partial charge in [-0.1, -0.05) is 6.08 Å². The van der Waals surface area contributed by atoms with Crippen molar-refractivity contribution in [3.05, 3.63) is 39.3 Å². The zero-order valence-electron chi connectivity index (χ0n) is 9.37. The Labute approximate surface area is 106 Å². The topological polar surface area (TPSA) is 71.8 Å². The molecule has 2 aromatic heterocycles. The zero-order chi connectivity index (χ0) is 12.7. The molecule has 2 heterocycles. The largest absolute Gasteiger partial charge is 0.369 e. The summed E-state index contributed by atoms with van der Waals surface area (Å²) in [7, 11) is 0. The molecule has 0 bridgehead atoms. The number of nitrogen functional groups attached to an aromatic ring is 1. The number of rotatable bonds is 1. The number of allylic oxidation sites excluding steroid dienone is 4. The number of anilines is 1. The van der Waals surface area contributed by atoms with Crippen molar-refractivity contribution < 1.29 is 4.39 Å². The summed E-state index contributed by atoms with van der Waals surface area (Å²) >= 11 is 1.40. The first-order valence-corrected chi connectivity index (χ1v) is 6.30. The number of nitrogens with one attached hydrogen (secondary N) is 1. The predicted octanol–water partition coefficient (Wildman–Crippen LogP) is 2.60. The minimum Gasteiger partial charge on any atom is -0.369 e. The molecule has 0 radical (unpaired) electrons. The van der Waals surface area contributed by atoms with Crippen LogP contribution in [-0.4, -0.2) is 9.97 Å². The van der Waals surface area contributed by atoms with Gasteiger partial charge in [0, 0.05) is 11.3 Å². The zero-order valence-corrected chi connectivity index (χ0v) is 10.2. The Bertz CT molecular complexity index is 741. The molecule has 1 aliphatic rings. The molecule has 3 N–H and O–H groups in total. The lowest BCUT2D eigenvalue weighted by Crippen LogP contribution is -2.09. The molecule has 0 amide bonds. The third kappa shape index (κ3) is 1.84. The van der Waals surface area contributed by atoms with Crippen LogP contribution in [0.4, 0.5) is 10.3 Å². The van der Waals surface area contributed by atoms with Gasteiger partial charge in [-0.3, -0.25) is 9.78 Å². The van der Waals surface area contributed by atoms with Gasteiger partial charge in [0.15, 0.2) is 0 Å². The van der Waals surface area contributed by atoms with E-state index in [9.17, 15) is 9.18 Å². The molecular weight excluding hydrogens is 253 g/mol. The number of nitrogens with two attached hydrogens (primary N) is 1. The quantitative estimate of drug-likeness (QED) is 0.830. The summed E-state index contributed by atoms with van der Waals surface area (Å²) in [5, 5.41) is 0.528. The second-order valence-corrected chi connectivity index (χ2v) is 5.12. The van der Waals surface area contributed by atoms with Gasteiger partial charge < -0.3 is 5.73 Å². The van der Waals surface area contributed by atoms with Gasteiger partial charge in [0.2, 0.25) is 5.95 Å². The highest BCUT2D eigenvalue weighted by Crippen LogP contribution is 2.33. The van der Waals surface area contributed by atoms with Crippen molar-refractivity contribution in [1.29, 1.82) is 0 Å². The van der Waals surface area contributed by atoms with Gasteiger partial charge in [-0.25, -0.2) is 9.37 Å². The molecule has 1 aliphatic carbocycles. The molecule has 0 fully saturated rings. The first kappa shape index (κ1) is 11.2. The molecule has 0 saturated heterocycles. The maximum absolute atomic E-state index is 12.9. The normalized spacial score (nSPS) is 15.6. The number of halogens is 1. The third-order valence-electron chi connectivity index (χ3n) is 2.84. The minimum atomic E-state index is -0.238. The van der Waals surface area contributed by atoms with Gasteiger partial charge in [0.25, 0.3) is 5.56 Å². The van der Waals surface area contributed by atoms with E-state index in [-0.39, 0.29) is 17.3 Å². The number of hydrogen-bond acceptors (Lipinski definition) is 4. The van der Waals surface area contributed by atoms with E-state index in [2.05, 4.69) is 9.97 Å². The number of H-pyrrole nitrogens is 1. The lowest BCUT2D eigenvalue weighted by Gasteiger charge is -2.07. The van der Waals surface area contributed by atoms with Crippen LogP contribution in [-0.2, 0) is 0 Å². The van der Waals surface area contributed by atoms with Gasteiger partial charge >= 0.3 is 0 Å². The Hall–Kier alpha value is -1.95. The first-order valence-electron chi connectivity index (χ1n) is 5.48. The molecule has 0 atom stereocenters. The van der Waals surface area contributed by atoms with Gasteiger partial charge in [0.05, 0.1) is 5.39 Å². The fraction of sp³-hybridized carbons (Fsp3) is 0.167. The molecule has 0 aromatic carbocycles. The van der Waals surface area contributed by atoms with Crippen LogP contribution in [0.1, 0.15) is 17.7 Å². The van der Waals surface area contributed by atoms with Crippen molar-refractivity contribution in [2.24, 2.45) is 0 Å². The number of hydrogen-bond donors (Lipinski definition) is 2. The average molecular weight is 263 g/mol. The van der Waals surface area contributed by atoms with Crippen molar-refractivity contribution >= 4 is 33.1 Å². The second-order valence-electron chi connectivity index (χ2n) is 4.09. The Morgan fingerprint density at radius 3 is 2.94 bits per heavy atom. The minimum absolute atomic E-state index is 0.111. The maximum Gasteiger partial charge on any atom is 0.261 e. The summed E-state index contributed by atoms with van der Waals surface area (Å²) in [5.41, 5.74) is 6.28. The van der Waals surface area contributed by atoms with Crippen molar-refractivity contribution in [2.45, 2.75) is 12.8 Å². The van der Waals surface area contributed by atoms with Crippen LogP contribution in [0.15, 0.2) is 28.8 Å². The summed E-state index contributed by atoms with van der Waals surface area (Å²) in [4.78, 5) is 19.8. The second kappa shape index (κ2) is 4.06. The van der Waals surface area contributed by atoms with E-state index in [1.165, 1.54) is 17.4 Å². The molecular formula is C12H10FN3OS. The fourth-order valence-corrected chi connectivity index (χ4v) is 3.02. The molecule has 0 spiro atoms. The highest BCUT2D eigenvalue weighted by molar-refractivity contribution is 7.19. The molecule has 18 heavy (non-hydrogen) atoms. The van der Waals surface area contributed by atoms with Crippen molar-refractivity contribution in [3.63, 3.8) is 0 Å². The van der Waals surface area contributed by atoms with E-state index in [4.69, 9.17) is 5.73 Å². The summed E-state index contributed by atoms with van der Waals surface area (Å²) in [6.07, 6.45) is 4.27. The Morgan fingerprint density at radius 2 is 2.22 bits per heavy atom. The smallest absolute Gasteiger partial charge is 0.261 e. The number of nitrogens with zero attached hydrogens (tertiary/aromatic N) is 1.